The first-order valence-electron chi connectivity index (χ1n) is 5.60. The SMILES string of the molecule is N#Cc1ccc2[nH]c(=S)n(-c3ccc(I)cc3)c2c1. The van der Waals surface area contributed by atoms with Crippen molar-refractivity contribution in [1.82, 2.24) is 9.55 Å². The number of halogens is 1. The zero-order chi connectivity index (χ0) is 13.4. The van der Waals surface area contributed by atoms with Gasteiger partial charge in [0.25, 0.3) is 0 Å². The van der Waals surface area contributed by atoms with E-state index in [1.165, 1.54) is 3.57 Å². The highest BCUT2D eigenvalue weighted by molar-refractivity contribution is 14.1. The molecule has 0 bridgehead atoms. The lowest BCUT2D eigenvalue weighted by Crippen LogP contribution is -1.94. The zero-order valence-electron chi connectivity index (χ0n) is 9.72. The summed E-state index contributed by atoms with van der Waals surface area (Å²) in [4.78, 5) is 3.16. The molecule has 0 saturated carbocycles. The molecule has 0 amide bonds. The fraction of sp³-hybridized carbons (Fsp3) is 0. The minimum absolute atomic E-state index is 0.626. The third kappa shape index (κ3) is 2.17. The van der Waals surface area contributed by atoms with Gasteiger partial charge in [-0.3, -0.25) is 4.57 Å². The van der Waals surface area contributed by atoms with Crippen LogP contribution < -0.4 is 0 Å². The molecule has 0 aliphatic carbocycles. The van der Waals surface area contributed by atoms with Gasteiger partial charge in [0.2, 0.25) is 0 Å². The van der Waals surface area contributed by atoms with Gasteiger partial charge in [-0.25, -0.2) is 0 Å². The number of nitrogens with zero attached hydrogens (tertiary/aromatic N) is 2. The highest BCUT2D eigenvalue weighted by atomic mass is 127. The van der Waals surface area contributed by atoms with Gasteiger partial charge >= 0.3 is 0 Å². The molecule has 0 atom stereocenters. The molecule has 92 valence electrons. The Hall–Kier alpha value is -1.65. The number of nitriles is 1. The van der Waals surface area contributed by atoms with Crippen molar-refractivity contribution >= 4 is 45.8 Å². The predicted octanol–water partition coefficient (Wildman–Crippen LogP) is 4.16. The molecular weight excluding hydrogens is 369 g/mol. The molecule has 19 heavy (non-hydrogen) atoms. The molecule has 1 aromatic heterocycles. The second-order valence-corrected chi connectivity index (χ2v) is 5.72. The zero-order valence-corrected chi connectivity index (χ0v) is 12.7. The maximum atomic E-state index is 9.01. The monoisotopic (exact) mass is 377 g/mol. The smallest absolute Gasteiger partial charge is 0.182 e. The van der Waals surface area contributed by atoms with Gasteiger partial charge in [-0.15, -0.1) is 0 Å². The largest absolute Gasteiger partial charge is 0.330 e. The molecular formula is C14H8IN3S. The highest BCUT2D eigenvalue weighted by Gasteiger charge is 2.07. The van der Waals surface area contributed by atoms with E-state index in [1.807, 2.05) is 41.0 Å². The molecule has 0 radical (unpaired) electrons. The van der Waals surface area contributed by atoms with Gasteiger partial charge in [-0.2, -0.15) is 5.26 Å². The van der Waals surface area contributed by atoms with Gasteiger partial charge in [0, 0.05) is 9.26 Å². The first-order valence-corrected chi connectivity index (χ1v) is 7.08. The highest BCUT2D eigenvalue weighted by Crippen LogP contribution is 2.21. The second-order valence-electron chi connectivity index (χ2n) is 4.09. The summed E-state index contributed by atoms with van der Waals surface area (Å²) in [5, 5.41) is 9.01. The number of imidazole rings is 1. The van der Waals surface area contributed by atoms with E-state index in [0.717, 1.165) is 16.7 Å². The molecule has 0 aliphatic heterocycles. The molecule has 0 aliphatic rings. The van der Waals surface area contributed by atoms with Crippen molar-refractivity contribution in [3.8, 4) is 11.8 Å². The van der Waals surface area contributed by atoms with Gasteiger partial charge < -0.3 is 4.98 Å². The van der Waals surface area contributed by atoms with E-state index in [4.69, 9.17) is 17.5 Å². The standard InChI is InChI=1S/C14H8IN3S/c15-10-2-4-11(5-3-10)18-13-7-9(8-16)1-6-12(13)17-14(18)19/h1-7H,(H,17,19). The molecule has 1 heterocycles. The summed E-state index contributed by atoms with van der Waals surface area (Å²) >= 11 is 7.64. The number of aromatic nitrogens is 2. The van der Waals surface area contributed by atoms with Crippen molar-refractivity contribution in [2.75, 3.05) is 0 Å². The summed E-state index contributed by atoms with van der Waals surface area (Å²) in [5.41, 5.74) is 3.47. The molecule has 1 N–H and O–H groups in total. The van der Waals surface area contributed by atoms with Crippen molar-refractivity contribution in [1.29, 1.82) is 5.26 Å². The van der Waals surface area contributed by atoms with Crippen LogP contribution in [0.1, 0.15) is 5.56 Å². The van der Waals surface area contributed by atoms with E-state index in [0.29, 0.717) is 10.3 Å². The van der Waals surface area contributed by atoms with Crippen LogP contribution in [0.4, 0.5) is 0 Å². The summed E-state index contributed by atoms with van der Waals surface area (Å²) in [6.45, 7) is 0. The van der Waals surface area contributed by atoms with Crippen LogP contribution in [-0.2, 0) is 0 Å². The van der Waals surface area contributed by atoms with Crippen LogP contribution in [0.25, 0.3) is 16.7 Å². The first-order chi connectivity index (χ1) is 9.19. The van der Waals surface area contributed by atoms with Crippen LogP contribution in [0.15, 0.2) is 42.5 Å². The number of hydrogen-bond donors (Lipinski definition) is 1. The fourth-order valence-corrected chi connectivity index (χ4v) is 2.69. The Morgan fingerprint density at radius 2 is 1.89 bits per heavy atom. The maximum absolute atomic E-state index is 9.01. The third-order valence-electron chi connectivity index (χ3n) is 2.90. The van der Waals surface area contributed by atoms with Crippen molar-refractivity contribution < 1.29 is 0 Å². The minimum atomic E-state index is 0.626. The van der Waals surface area contributed by atoms with E-state index >= 15 is 0 Å². The third-order valence-corrected chi connectivity index (χ3v) is 3.90. The predicted molar refractivity (Wildman–Crippen MR) is 85.9 cm³/mol. The number of H-pyrrole nitrogens is 1. The molecule has 0 saturated heterocycles. The lowest BCUT2D eigenvalue weighted by molar-refractivity contribution is 1.06. The summed E-state index contributed by atoms with van der Waals surface area (Å²) in [6, 6.07) is 15.8. The van der Waals surface area contributed by atoms with Crippen LogP contribution in [0.5, 0.6) is 0 Å². The Bertz CT molecular complexity index is 853. The van der Waals surface area contributed by atoms with Crippen LogP contribution in [0.2, 0.25) is 0 Å². The minimum Gasteiger partial charge on any atom is -0.330 e. The number of fused-ring (bicyclic) bond motifs is 1. The van der Waals surface area contributed by atoms with Crippen molar-refractivity contribution in [3.63, 3.8) is 0 Å². The summed E-state index contributed by atoms with van der Waals surface area (Å²) in [6.07, 6.45) is 0. The first kappa shape index (κ1) is 12.4. The molecule has 3 rings (SSSR count). The van der Waals surface area contributed by atoms with Crippen molar-refractivity contribution in [2.45, 2.75) is 0 Å². The Kier molecular flexibility index (Phi) is 3.12. The molecule has 2 aromatic carbocycles. The lowest BCUT2D eigenvalue weighted by Gasteiger charge is -2.04. The second kappa shape index (κ2) is 4.79. The van der Waals surface area contributed by atoms with E-state index in [1.54, 1.807) is 6.07 Å². The summed E-state index contributed by atoms with van der Waals surface area (Å²) in [5.74, 6) is 0. The maximum Gasteiger partial charge on any atom is 0.182 e. The normalized spacial score (nSPS) is 10.5. The Morgan fingerprint density at radius 3 is 2.58 bits per heavy atom. The van der Waals surface area contributed by atoms with Gasteiger partial charge in [-0.05, 0) is 77.3 Å². The van der Waals surface area contributed by atoms with Gasteiger partial charge in [0.05, 0.1) is 22.7 Å². The van der Waals surface area contributed by atoms with Gasteiger partial charge in [0.1, 0.15) is 0 Å². The number of nitrogens with one attached hydrogen (secondary N) is 1. The van der Waals surface area contributed by atoms with Gasteiger partial charge in [0.15, 0.2) is 4.77 Å². The summed E-state index contributed by atoms with van der Waals surface area (Å²) < 4.78 is 3.75. The molecule has 0 unspecified atom stereocenters. The molecule has 3 nitrogen and oxygen atoms in total. The molecule has 0 fully saturated rings. The van der Waals surface area contributed by atoms with E-state index in [2.05, 4.69) is 33.6 Å². The molecule has 0 spiro atoms. The van der Waals surface area contributed by atoms with Gasteiger partial charge in [-0.1, -0.05) is 0 Å². The molecule has 5 heteroatoms. The van der Waals surface area contributed by atoms with Crippen molar-refractivity contribution in [3.05, 3.63) is 56.4 Å². The quantitative estimate of drug-likeness (QED) is 0.511. The van der Waals surface area contributed by atoms with Crippen LogP contribution in [-0.4, -0.2) is 9.55 Å². The number of rotatable bonds is 1. The number of hydrogen-bond acceptors (Lipinski definition) is 2. The lowest BCUT2D eigenvalue weighted by atomic mass is 10.2. The van der Waals surface area contributed by atoms with Crippen LogP contribution >= 0.6 is 34.8 Å². The average Bonchev–Trinajstić information content (AvgIpc) is 2.75. The van der Waals surface area contributed by atoms with Crippen LogP contribution in [0, 0.1) is 19.7 Å². The van der Waals surface area contributed by atoms with E-state index in [-0.39, 0.29) is 0 Å². The Morgan fingerprint density at radius 1 is 1.16 bits per heavy atom. The Labute approximate surface area is 128 Å². The Balaban J connectivity index is 2.34. The fourth-order valence-electron chi connectivity index (χ4n) is 2.02. The van der Waals surface area contributed by atoms with E-state index in [9.17, 15) is 0 Å². The van der Waals surface area contributed by atoms with Crippen molar-refractivity contribution in [2.24, 2.45) is 0 Å². The number of benzene rings is 2. The van der Waals surface area contributed by atoms with Crippen LogP contribution in [0.3, 0.4) is 0 Å². The average molecular weight is 377 g/mol. The number of aromatic amines is 1. The molecule has 3 aromatic rings. The summed E-state index contributed by atoms with van der Waals surface area (Å²) in [7, 11) is 0. The van der Waals surface area contributed by atoms with E-state index < -0.39 is 0 Å². The topological polar surface area (TPSA) is 44.5 Å².